The fraction of sp³-hybridized carbons (Fsp3) is 0.680. The molecule has 0 aromatic heterocycles. The Kier molecular flexibility index (Phi) is 15.0. The Hall–Kier alpha value is -1.71. The normalized spacial score (nSPS) is 10.8. The van der Waals surface area contributed by atoms with E-state index in [0.29, 0.717) is 6.42 Å². The Morgan fingerprint density at radius 3 is 1.72 bits per heavy atom. The summed E-state index contributed by atoms with van der Waals surface area (Å²) in [6.45, 7) is 2.26. The van der Waals surface area contributed by atoms with Gasteiger partial charge in [0.2, 0.25) is 5.91 Å². The fourth-order valence-electron chi connectivity index (χ4n) is 3.55. The van der Waals surface area contributed by atoms with Crippen molar-refractivity contribution >= 4 is 11.8 Å². The number of hydrogen-bond donors (Lipinski definition) is 1. The van der Waals surface area contributed by atoms with E-state index in [1.807, 2.05) is 0 Å². The number of unbranched alkanes of at least 4 members (excludes halogenated alkanes) is 14. The van der Waals surface area contributed by atoms with E-state index >= 15 is 0 Å². The molecule has 0 spiro atoms. The van der Waals surface area contributed by atoms with Crippen molar-refractivity contribution in [1.29, 1.82) is 0 Å². The summed E-state index contributed by atoms with van der Waals surface area (Å²) in [4.78, 5) is 23.7. The van der Waals surface area contributed by atoms with Gasteiger partial charge in [-0.15, -0.1) is 0 Å². The number of carbonyl (C=O) groups excluding carboxylic acids is 2. The van der Waals surface area contributed by atoms with E-state index in [1.165, 1.54) is 95.2 Å². The molecule has 3 nitrogen and oxygen atoms in total. The monoisotopic (exact) mass is 405 g/mol. The number of benzene rings is 1. The zero-order valence-electron chi connectivity index (χ0n) is 18.3. The standard InChI is InChI=1S/C25H40FNO2/c1-2-3-4-5-6-7-8-9-10-11-12-13-14-15-16-20-24(28)27-25(29)22-18-17-19-23(26)21-22/h17-19,21H,2-16,20H2,1H3,(H,27,28,29). The number of imide groups is 1. The number of rotatable bonds is 17. The van der Waals surface area contributed by atoms with Crippen LogP contribution in [0.5, 0.6) is 0 Å². The highest BCUT2D eigenvalue weighted by Crippen LogP contribution is 2.13. The van der Waals surface area contributed by atoms with E-state index < -0.39 is 11.7 Å². The van der Waals surface area contributed by atoms with Crippen molar-refractivity contribution in [2.24, 2.45) is 0 Å². The first kappa shape index (κ1) is 25.3. The maximum Gasteiger partial charge on any atom is 0.257 e. The molecule has 1 N–H and O–H groups in total. The van der Waals surface area contributed by atoms with Crippen LogP contribution in [0.4, 0.5) is 4.39 Å². The summed E-state index contributed by atoms with van der Waals surface area (Å²) in [5.41, 5.74) is 0.176. The van der Waals surface area contributed by atoms with Gasteiger partial charge in [-0.25, -0.2) is 4.39 Å². The van der Waals surface area contributed by atoms with Crippen molar-refractivity contribution in [2.45, 2.75) is 110 Å². The third-order valence-corrected chi connectivity index (χ3v) is 5.35. The lowest BCUT2D eigenvalue weighted by molar-refractivity contribution is -0.120. The molecule has 1 aromatic carbocycles. The van der Waals surface area contributed by atoms with Crippen molar-refractivity contribution in [3.05, 3.63) is 35.6 Å². The summed E-state index contributed by atoms with van der Waals surface area (Å²) >= 11 is 0. The molecule has 0 atom stereocenters. The van der Waals surface area contributed by atoms with E-state index in [0.717, 1.165) is 25.3 Å². The lowest BCUT2D eigenvalue weighted by Gasteiger charge is -2.05. The summed E-state index contributed by atoms with van der Waals surface area (Å²) in [7, 11) is 0. The number of nitrogens with one attached hydrogen (secondary N) is 1. The molecule has 0 fully saturated rings. The van der Waals surface area contributed by atoms with Crippen molar-refractivity contribution in [1.82, 2.24) is 5.32 Å². The third-order valence-electron chi connectivity index (χ3n) is 5.35. The van der Waals surface area contributed by atoms with Gasteiger partial charge in [0, 0.05) is 12.0 Å². The molecular formula is C25H40FNO2. The molecule has 0 saturated heterocycles. The Labute approximate surface area is 176 Å². The molecule has 0 radical (unpaired) electrons. The van der Waals surface area contributed by atoms with Gasteiger partial charge >= 0.3 is 0 Å². The van der Waals surface area contributed by atoms with E-state index in [-0.39, 0.29) is 11.5 Å². The molecule has 1 aromatic rings. The summed E-state index contributed by atoms with van der Waals surface area (Å²) in [6, 6.07) is 5.37. The average Bonchev–Trinajstić information content (AvgIpc) is 2.71. The second-order valence-electron chi connectivity index (χ2n) is 8.09. The molecule has 164 valence electrons. The van der Waals surface area contributed by atoms with Crippen LogP contribution in [0.1, 0.15) is 120 Å². The predicted octanol–water partition coefficient (Wildman–Crippen LogP) is 7.34. The Balaban J connectivity index is 1.88. The predicted molar refractivity (Wildman–Crippen MR) is 118 cm³/mol. The largest absolute Gasteiger partial charge is 0.292 e. The van der Waals surface area contributed by atoms with Gasteiger partial charge in [0.15, 0.2) is 0 Å². The van der Waals surface area contributed by atoms with E-state index in [4.69, 9.17) is 0 Å². The molecule has 0 bridgehead atoms. The SMILES string of the molecule is CCCCCCCCCCCCCCCCCC(=O)NC(=O)c1cccc(F)c1. The van der Waals surface area contributed by atoms with Gasteiger partial charge in [0.05, 0.1) is 0 Å². The minimum Gasteiger partial charge on any atom is -0.292 e. The molecular weight excluding hydrogens is 365 g/mol. The van der Waals surface area contributed by atoms with Crippen molar-refractivity contribution in [3.8, 4) is 0 Å². The maximum absolute atomic E-state index is 13.1. The quantitative estimate of drug-likeness (QED) is 0.275. The molecule has 4 heteroatoms. The third kappa shape index (κ3) is 14.0. The van der Waals surface area contributed by atoms with Crippen LogP contribution in [0.15, 0.2) is 24.3 Å². The first-order valence-corrected chi connectivity index (χ1v) is 11.7. The van der Waals surface area contributed by atoms with Crippen LogP contribution in [0, 0.1) is 5.82 Å². The van der Waals surface area contributed by atoms with E-state index in [1.54, 1.807) is 0 Å². The summed E-state index contributed by atoms with van der Waals surface area (Å²) in [5.74, 6) is -1.29. The first-order chi connectivity index (χ1) is 14.1. The van der Waals surface area contributed by atoms with Crippen LogP contribution in [0.3, 0.4) is 0 Å². The van der Waals surface area contributed by atoms with Crippen molar-refractivity contribution < 1.29 is 14.0 Å². The van der Waals surface area contributed by atoms with Gasteiger partial charge < -0.3 is 0 Å². The molecule has 2 amide bonds. The number of hydrogen-bond acceptors (Lipinski definition) is 2. The Bertz CT molecular complexity index is 574. The zero-order chi connectivity index (χ0) is 21.2. The average molecular weight is 406 g/mol. The number of carbonyl (C=O) groups is 2. The highest BCUT2D eigenvalue weighted by atomic mass is 19.1. The van der Waals surface area contributed by atoms with Crippen molar-refractivity contribution in [3.63, 3.8) is 0 Å². The Morgan fingerprint density at radius 2 is 1.24 bits per heavy atom. The summed E-state index contributed by atoms with van der Waals surface area (Å²) in [5, 5.41) is 2.33. The molecule has 29 heavy (non-hydrogen) atoms. The van der Waals surface area contributed by atoms with Crippen LogP contribution in [0.25, 0.3) is 0 Å². The lowest BCUT2D eigenvalue weighted by Crippen LogP contribution is -2.30. The summed E-state index contributed by atoms with van der Waals surface area (Å²) < 4.78 is 13.1. The maximum atomic E-state index is 13.1. The number of halogens is 1. The van der Waals surface area contributed by atoms with Gasteiger partial charge in [-0.1, -0.05) is 103 Å². The number of amides is 2. The molecule has 1 rings (SSSR count). The van der Waals surface area contributed by atoms with Gasteiger partial charge in [-0.05, 0) is 24.6 Å². The van der Waals surface area contributed by atoms with Gasteiger partial charge in [-0.2, -0.15) is 0 Å². The minimum atomic E-state index is -0.532. The first-order valence-electron chi connectivity index (χ1n) is 11.7. The van der Waals surface area contributed by atoms with Crippen LogP contribution in [-0.2, 0) is 4.79 Å². The van der Waals surface area contributed by atoms with E-state index in [9.17, 15) is 14.0 Å². The molecule has 0 saturated carbocycles. The molecule has 0 aliphatic carbocycles. The Morgan fingerprint density at radius 1 is 0.759 bits per heavy atom. The second kappa shape index (κ2) is 17.2. The van der Waals surface area contributed by atoms with Gasteiger partial charge in [-0.3, -0.25) is 14.9 Å². The van der Waals surface area contributed by atoms with Crippen LogP contribution < -0.4 is 5.32 Å². The fourth-order valence-corrected chi connectivity index (χ4v) is 3.55. The smallest absolute Gasteiger partial charge is 0.257 e. The molecule has 0 aliphatic rings. The second-order valence-corrected chi connectivity index (χ2v) is 8.09. The topological polar surface area (TPSA) is 46.2 Å². The van der Waals surface area contributed by atoms with Crippen LogP contribution >= 0.6 is 0 Å². The van der Waals surface area contributed by atoms with Crippen LogP contribution in [0.2, 0.25) is 0 Å². The van der Waals surface area contributed by atoms with Crippen LogP contribution in [-0.4, -0.2) is 11.8 Å². The highest BCUT2D eigenvalue weighted by Gasteiger charge is 2.10. The van der Waals surface area contributed by atoms with E-state index in [2.05, 4.69) is 12.2 Å². The molecule has 0 unspecified atom stereocenters. The molecule has 0 heterocycles. The zero-order valence-corrected chi connectivity index (χ0v) is 18.3. The van der Waals surface area contributed by atoms with Crippen molar-refractivity contribution in [2.75, 3.05) is 0 Å². The summed E-state index contributed by atoms with van der Waals surface area (Å²) in [6.07, 6.45) is 19.5. The minimum absolute atomic E-state index is 0.176. The van der Waals surface area contributed by atoms with Gasteiger partial charge in [0.25, 0.3) is 5.91 Å². The highest BCUT2D eigenvalue weighted by molar-refractivity contribution is 6.04. The molecule has 0 aliphatic heterocycles. The lowest BCUT2D eigenvalue weighted by atomic mass is 10.0. The van der Waals surface area contributed by atoms with Gasteiger partial charge in [0.1, 0.15) is 5.82 Å².